The first kappa shape index (κ1) is 51.1. The number of aromatic amines is 1. The number of anilines is 1. The van der Waals surface area contributed by atoms with Gasteiger partial charge in [0.05, 0.1) is 28.2 Å². The Bertz CT molecular complexity index is 1960. The van der Waals surface area contributed by atoms with E-state index in [9.17, 15) is 14.4 Å². The summed E-state index contributed by atoms with van der Waals surface area (Å²) >= 11 is 6.27. The zero-order valence-corrected chi connectivity index (χ0v) is 40.2. The molecule has 2 unspecified atom stereocenters. The molecule has 14 nitrogen and oxygen atoms in total. The Morgan fingerprint density at radius 2 is 1.68 bits per heavy atom. The lowest BCUT2D eigenvalue weighted by Gasteiger charge is -2.43. The van der Waals surface area contributed by atoms with Crippen LogP contribution in [0.15, 0.2) is 66.8 Å². The van der Waals surface area contributed by atoms with Crippen molar-refractivity contribution in [3.05, 3.63) is 77.4 Å². The molecule has 3 amide bonds. The molecule has 6 rings (SSSR count). The van der Waals surface area contributed by atoms with Crippen LogP contribution in [0.5, 0.6) is 0 Å². The molecule has 3 aliphatic rings. The number of nitrogens with one attached hydrogen (secondary N) is 3. The van der Waals surface area contributed by atoms with Crippen molar-refractivity contribution in [3.63, 3.8) is 0 Å². The summed E-state index contributed by atoms with van der Waals surface area (Å²) < 4.78 is 5.36. The second-order valence-electron chi connectivity index (χ2n) is 17.8. The predicted molar refractivity (Wildman–Crippen MR) is 256 cm³/mol. The number of hydrogen-bond donors (Lipinski definition) is 4. The molecular formula is C48H75ClN10O4. The number of hydrogen-bond acceptors (Lipinski definition) is 10. The van der Waals surface area contributed by atoms with E-state index in [0.717, 1.165) is 74.4 Å². The maximum Gasteiger partial charge on any atom is 0.412 e. The van der Waals surface area contributed by atoms with Crippen molar-refractivity contribution in [2.45, 2.75) is 124 Å². The van der Waals surface area contributed by atoms with E-state index < -0.39 is 17.2 Å². The Kier molecular flexibility index (Phi) is 19.5. The van der Waals surface area contributed by atoms with E-state index in [4.69, 9.17) is 22.1 Å². The van der Waals surface area contributed by atoms with Gasteiger partial charge in [0.25, 0.3) is 5.91 Å². The SMILES string of the molecule is C=C(C(=O)N1CCC(CN2CCN(CCC(NC(=O)C3(N)CCN(c4ncnc5[nH]ccc45)CC3)c3ccc(Cl)cc3)C(C)C2)CC1)/C(=C\C)NC(=O)OC(C)(C)C.CC.CCC. The number of piperidine rings is 2. The van der Waals surface area contributed by atoms with E-state index >= 15 is 0 Å². The number of nitrogens with zero attached hydrogens (tertiary/aromatic N) is 6. The van der Waals surface area contributed by atoms with Crippen LogP contribution >= 0.6 is 11.6 Å². The zero-order chi connectivity index (χ0) is 46.3. The number of allylic oxidation sites excluding steroid dienone is 1. The molecule has 3 aliphatic heterocycles. The molecular weight excluding hydrogens is 816 g/mol. The summed E-state index contributed by atoms with van der Waals surface area (Å²) in [7, 11) is 0. The number of H-pyrrole nitrogens is 1. The van der Waals surface area contributed by atoms with Gasteiger partial charge < -0.3 is 35.5 Å². The summed E-state index contributed by atoms with van der Waals surface area (Å²) in [6.45, 7) is 28.9. The van der Waals surface area contributed by atoms with Gasteiger partial charge in [-0.2, -0.15) is 0 Å². The van der Waals surface area contributed by atoms with Crippen molar-refractivity contribution < 1.29 is 19.1 Å². The molecule has 0 radical (unpaired) electrons. The summed E-state index contributed by atoms with van der Waals surface area (Å²) in [6, 6.07) is 9.84. The van der Waals surface area contributed by atoms with Gasteiger partial charge in [-0.15, -0.1) is 0 Å². The fourth-order valence-electron chi connectivity index (χ4n) is 8.36. The number of aromatic nitrogens is 3. The third kappa shape index (κ3) is 14.5. The van der Waals surface area contributed by atoms with Crippen molar-refractivity contribution in [3.8, 4) is 0 Å². The largest absolute Gasteiger partial charge is 0.444 e. The highest BCUT2D eigenvalue weighted by atomic mass is 35.5. The highest BCUT2D eigenvalue weighted by Gasteiger charge is 2.40. The lowest BCUT2D eigenvalue weighted by Crippen LogP contribution is -2.60. The van der Waals surface area contributed by atoms with Gasteiger partial charge >= 0.3 is 6.09 Å². The summed E-state index contributed by atoms with van der Waals surface area (Å²) in [5.41, 5.74) is 7.66. The predicted octanol–water partition coefficient (Wildman–Crippen LogP) is 7.83. The molecule has 5 N–H and O–H groups in total. The van der Waals surface area contributed by atoms with Crippen LogP contribution in [0.2, 0.25) is 5.02 Å². The quantitative estimate of drug-likeness (QED) is 0.104. The summed E-state index contributed by atoms with van der Waals surface area (Å²) in [5.74, 6) is 1.06. The standard InChI is InChI=1S/C43H61ClN10O4.C3H8.C2H6/c1-7-35(50-41(57)58-42(4,5)6)30(3)39(55)54-19-13-31(14-20-54)27-51-24-25-52(29(2)26-51)21-15-36(32-8-10-33(44)11-9-32)49-40(56)43(45)16-22-53(23-17-43)38-34-12-18-46-37(34)47-28-48-38;1-3-2;1-2/h7-12,18,28-29,31,36H,3,13-17,19-27,45H2,1-2,4-6H3,(H,49,56)(H,50,57)(H,46,47,48);3H2,1-2H3;1-2H3/b35-7+;;. The minimum atomic E-state index is -0.990. The molecule has 3 fully saturated rings. The lowest BCUT2D eigenvalue weighted by molar-refractivity contribution is -0.128. The smallest absolute Gasteiger partial charge is 0.412 e. The van der Waals surface area contributed by atoms with Crippen LogP contribution in [-0.4, -0.2) is 124 Å². The molecule has 15 heteroatoms. The highest BCUT2D eigenvalue weighted by Crippen LogP contribution is 2.30. The normalized spacial score (nSPS) is 19.2. The summed E-state index contributed by atoms with van der Waals surface area (Å²) in [5, 5.41) is 7.64. The molecule has 0 saturated carbocycles. The molecule has 2 atom stereocenters. The van der Waals surface area contributed by atoms with E-state index in [1.165, 1.54) is 6.42 Å². The number of fused-ring (bicyclic) bond motifs is 1. The van der Waals surface area contributed by atoms with E-state index in [1.54, 1.807) is 40.1 Å². The Morgan fingerprint density at radius 1 is 1.03 bits per heavy atom. The van der Waals surface area contributed by atoms with Gasteiger partial charge in [0.2, 0.25) is 5.91 Å². The second kappa shape index (κ2) is 24.0. The van der Waals surface area contributed by atoms with E-state index in [0.29, 0.717) is 61.7 Å². The van der Waals surface area contributed by atoms with Crippen molar-refractivity contribution in [2.24, 2.45) is 11.7 Å². The van der Waals surface area contributed by atoms with Gasteiger partial charge in [-0.25, -0.2) is 14.8 Å². The van der Waals surface area contributed by atoms with E-state index in [1.807, 2.05) is 55.3 Å². The summed E-state index contributed by atoms with van der Waals surface area (Å²) in [6.07, 6.45) is 9.33. The van der Waals surface area contributed by atoms with E-state index in [2.05, 4.69) is 67.6 Å². The molecule has 3 aromatic rings. The average Bonchev–Trinajstić information content (AvgIpc) is 3.75. The topological polar surface area (TPSA) is 165 Å². The third-order valence-corrected chi connectivity index (χ3v) is 12.0. The molecule has 2 aromatic heterocycles. The number of nitrogens with two attached hydrogens (primary N) is 1. The number of amides is 3. The molecule has 5 heterocycles. The van der Waals surface area contributed by atoms with Crippen molar-refractivity contribution in [2.75, 3.05) is 63.8 Å². The van der Waals surface area contributed by atoms with E-state index in [-0.39, 0.29) is 23.4 Å². The molecule has 3 saturated heterocycles. The maximum atomic E-state index is 14.0. The first-order chi connectivity index (χ1) is 30.0. The van der Waals surface area contributed by atoms with Crippen molar-refractivity contribution in [1.29, 1.82) is 0 Å². The molecule has 0 bridgehead atoms. The number of ether oxygens (including phenoxy) is 1. The van der Waals surface area contributed by atoms with Gasteiger partial charge in [0.15, 0.2) is 0 Å². The van der Waals surface area contributed by atoms with Crippen LogP contribution in [0.1, 0.15) is 112 Å². The number of piperazine rings is 1. The second-order valence-corrected chi connectivity index (χ2v) is 18.3. The van der Waals surface area contributed by atoms with Crippen LogP contribution in [0.25, 0.3) is 11.0 Å². The van der Waals surface area contributed by atoms with Gasteiger partial charge in [-0.05, 0) is 96.4 Å². The van der Waals surface area contributed by atoms with Gasteiger partial charge in [0, 0.05) is 76.2 Å². The number of alkyl carbamates (subject to hydrolysis) is 1. The zero-order valence-electron chi connectivity index (χ0n) is 39.4. The Balaban J connectivity index is 0.00000167. The fourth-order valence-corrected chi connectivity index (χ4v) is 8.49. The summed E-state index contributed by atoms with van der Waals surface area (Å²) in [4.78, 5) is 60.7. The molecule has 0 spiro atoms. The van der Waals surface area contributed by atoms with Crippen LogP contribution in [0.4, 0.5) is 10.6 Å². The highest BCUT2D eigenvalue weighted by molar-refractivity contribution is 6.30. The van der Waals surface area contributed by atoms with Crippen molar-refractivity contribution >= 4 is 46.4 Å². The number of carbonyl (C=O) groups is 3. The molecule has 348 valence electrons. The van der Waals surface area contributed by atoms with Crippen LogP contribution in [0.3, 0.4) is 0 Å². The Morgan fingerprint density at radius 3 is 2.29 bits per heavy atom. The number of carbonyl (C=O) groups excluding carboxylic acids is 3. The lowest BCUT2D eigenvalue weighted by atomic mass is 9.86. The number of benzene rings is 1. The third-order valence-electron chi connectivity index (χ3n) is 11.8. The Hall–Kier alpha value is -4.50. The van der Waals surface area contributed by atoms with Crippen molar-refractivity contribution in [1.82, 2.24) is 40.3 Å². The monoisotopic (exact) mass is 891 g/mol. The first-order valence-electron chi connectivity index (χ1n) is 23.0. The van der Waals surface area contributed by atoms with Crippen LogP contribution in [0, 0.1) is 5.92 Å². The Labute approximate surface area is 381 Å². The maximum absolute atomic E-state index is 14.0. The average molecular weight is 892 g/mol. The minimum absolute atomic E-state index is 0.128. The van der Waals surface area contributed by atoms with Crippen LogP contribution in [-0.2, 0) is 14.3 Å². The fraction of sp³-hybridized carbons (Fsp3) is 0.604. The number of likely N-dealkylation sites (tertiary alicyclic amines) is 1. The molecule has 63 heavy (non-hydrogen) atoms. The van der Waals surface area contributed by atoms with Gasteiger partial charge in [-0.1, -0.05) is 70.5 Å². The molecule has 0 aliphatic carbocycles. The number of halogens is 1. The molecule has 1 aromatic carbocycles. The first-order valence-corrected chi connectivity index (χ1v) is 23.4. The minimum Gasteiger partial charge on any atom is -0.444 e. The van der Waals surface area contributed by atoms with Gasteiger partial charge in [0.1, 0.15) is 23.4 Å². The number of rotatable bonds is 12. The van der Waals surface area contributed by atoms with Gasteiger partial charge in [-0.3, -0.25) is 19.8 Å². The van der Waals surface area contributed by atoms with Crippen LogP contribution < -0.4 is 21.3 Å².